The van der Waals surface area contributed by atoms with E-state index in [2.05, 4.69) is 4.98 Å². The van der Waals surface area contributed by atoms with E-state index < -0.39 is 29.5 Å². The third kappa shape index (κ3) is 4.02. The highest BCUT2D eigenvalue weighted by Crippen LogP contribution is 2.42. The number of alkyl halides is 3. The number of rotatable bonds is 5. The molecule has 1 unspecified atom stereocenters. The van der Waals surface area contributed by atoms with Crippen molar-refractivity contribution < 1.29 is 32.2 Å². The number of nitrogens with two attached hydrogens (primary N) is 1. The number of pyridine rings is 1. The normalized spacial score (nSPS) is 17.5. The van der Waals surface area contributed by atoms with E-state index in [1.54, 1.807) is 6.07 Å². The first kappa shape index (κ1) is 22.4. The van der Waals surface area contributed by atoms with Crippen molar-refractivity contribution in [3.63, 3.8) is 0 Å². The monoisotopic (exact) mass is 475 g/mol. The molecule has 3 aromatic rings. The van der Waals surface area contributed by atoms with Gasteiger partial charge in [-0.3, -0.25) is 4.79 Å². The van der Waals surface area contributed by atoms with E-state index in [4.69, 9.17) is 10.5 Å². The van der Waals surface area contributed by atoms with Crippen LogP contribution in [0.2, 0.25) is 0 Å². The van der Waals surface area contributed by atoms with Gasteiger partial charge in [0.25, 0.3) is 5.91 Å². The third-order valence-electron chi connectivity index (χ3n) is 6.30. The zero-order chi connectivity index (χ0) is 24.2. The molecule has 1 aliphatic heterocycles. The van der Waals surface area contributed by atoms with E-state index >= 15 is 4.39 Å². The number of hydrogen-bond acceptors (Lipinski definition) is 5. The highest BCUT2D eigenvalue weighted by atomic mass is 19.4. The molecule has 0 saturated heterocycles. The average Bonchev–Trinajstić information content (AvgIpc) is 3.52. The maximum atomic E-state index is 15.0. The number of anilines is 1. The molecule has 2 aliphatic rings. The molecule has 1 amide bonds. The van der Waals surface area contributed by atoms with Crippen LogP contribution in [0.3, 0.4) is 0 Å². The van der Waals surface area contributed by atoms with Crippen molar-refractivity contribution in [2.24, 2.45) is 5.92 Å². The van der Waals surface area contributed by atoms with E-state index in [0.717, 1.165) is 31.0 Å². The van der Waals surface area contributed by atoms with Crippen LogP contribution in [0.5, 0.6) is 5.75 Å². The van der Waals surface area contributed by atoms with Crippen LogP contribution in [-0.4, -0.2) is 34.0 Å². The molecule has 10 heteroatoms. The molecule has 178 valence electrons. The van der Waals surface area contributed by atoms with Crippen molar-refractivity contribution in [3.8, 4) is 5.75 Å². The standard InChI is InChI=1S/C24H21F4N3O3/c25-18-8-19-13(5-14(10-32)22(29)30-19)6-17(18)23(33)31(9-12-1-2-12)20-11-34-21-7-15(24(26,27)28)3-4-16(20)21/h3-8,12,20,32H,1-2,9-11H2,(H2,29,30). The molecule has 2 aromatic carbocycles. The summed E-state index contributed by atoms with van der Waals surface area (Å²) in [5.41, 5.74) is 5.80. The number of hydrogen-bond donors (Lipinski definition) is 2. The van der Waals surface area contributed by atoms with Crippen LogP contribution in [-0.2, 0) is 12.8 Å². The first-order valence-electron chi connectivity index (χ1n) is 10.8. The van der Waals surface area contributed by atoms with E-state index in [-0.39, 0.29) is 41.8 Å². The molecule has 1 aromatic heterocycles. The van der Waals surface area contributed by atoms with Crippen LogP contribution >= 0.6 is 0 Å². The van der Waals surface area contributed by atoms with Crippen molar-refractivity contribution >= 4 is 22.6 Å². The van der Waals surface area contributed by atoms with Gasteiger partial charge < -0.3 is 20.5 Å². The number of nitrogen functional groups attached to an aromatic ring is 1. The minimum Gasteiger partial charge on any atom is -0.491 e. The number of aromatic nitrogens is 1. The topological polar surface area (TPSA) is 88.7 Å². The summed E-state index contributed by atoms with van der Waals surface area (Å²) in [6.45, 7) is -0.0386. The molecule has 3 N–H and O–H groups in total. The molecule has 2 heterocycles. The second-order valence-corrected chi connectivity index (χ2v) is 8.69. The van der Waals surface area contributed by atoms with Gasteiger partial charge in [-0.15, -0.1) is 0 Å². The van der Waals surface area contributed by atoms with Crippen molar-refractivity contribution in [3.05, 3.63) is 64.5 Å². The first-order valence-corrected chi connectivity index (χ1v) is 10.8. The Morgan fingerprint density at radius 1 is 1.21 bits per heavy atom. The fourth-order valence-corrected chi connectivity index (χ4v) is 4.26. The van der Waals surface area contributed by atoms with Crippen LogP contribution in [0, 0.1) is 11.7 Å². The first-order chi connectivity index (χ1) is 16.2. The number of carbonyl (C=O) groups is 1. The van der Waals surface area contributed by atoms with Crippen molar-refractivity contribution in [1.82, 2.24) is 9.88 Å². The zero-order valence-electron chi connectivity index (χ0n) is 17.9. The Bertz CT molecular complexity index is 1290. The molecular weight excluding hydrogens is 454 g/mol. The van der Waals surface area contributed by atoms with Crippen molar-refractivity contribution in [1.29, 1.82) is 0 Å². The number of aliphatic hydroxyl groups excluding tert-OH is 1. The van der Waals surface area contributed by atoms with Gasteiger partial charge in [0, 0.05) is 29.1 Å². The highest BCUT2D eigenvalue weighted by Gasteiger charge is 2.39. The molecule has 34 heavy (non-hydrogen) atoms. The van der Waals surface area contributed by atoms with Gasteiger partial charge in [-0.1, -0.05) is 6.07 Å². The lowest BCUT2D eigenvalue weighted by molar-refractivity contribution is -0.137. The minimum atomic E-state index is -4.51. The van der Waals surface area contributed by atoms with Crippen LogP contribution in [0.15, 0.2) is 36.4 Å². The summed E-state index contributed by atoms with van der Waals surface area (Å²) in [5.74, 6) is -0.988. The summed E-state index contributed by atoms with van der Waals surface area (Å²) < 4.78 is 59.9. The van der Waals surface area contributed by atoms with Gasteiger partial charge in [-0.2, -0.15) is 13.2 Å². The van der Waals surface area contributed by atoms with E-state index in [1.165, 1.54) is 17.0 Å². The summed E-state index contributed by atoms with van der Waals surface area (Å²) in [5, 5.41) is 9.90. The quantitative estimate of drug-likeness (QED) is 0.533. The lowest BCUT2D eigenvalue weighted by atomic mass is 10.0. The number of ether oxygens (including phenoxy) is 1. The summed E-state index contributed by atoms with van der Waals surface area (Å²) >= 11 is 0. The Morgan fingerprint density at radius 3 is 2.65 bits per heavy atom. The molecule has 5 rings (SSSR count). The minimum absolute atomic E-state index is 0.0168. The molecule has 0 spiro atoms. The second-order valence-electron chi connectivity index (χ2n) is 8.69. The number of halogens is 4. The van der Waals surface area contributed by atoms with E-state index in [9.17, 15) is 23.1 Å². The van der Waals surface area contributed by atoms with Crippen molar-refractivity contribution in [2.45, 2.75) is 31.7 Å². The van der Waals surface area contributed by atoms with Gasteiger partial charge in [0.05, 0.1) is 29.3 Å². The van der Waals surface area contributed by atoms with Crippen molar-refractivity contribution in [2.75, 3.05) is 18.9 Å². The van der Waals surface area contributed by atoms with E-state index in [0.29, 0.717) is 23.1 Å². The predicted octanol–water partition coefficient (Wildman–Crippen LogP) is 4.45. The number of fused-ring (bicyclic) bond motifs is 2. The number of amides is 1. The molecule has 1 fully saturated rings. The lowest BCUT2D eigenvalue weighted by Crippen LogP contribution is -2.37. The molecule has 1 saturated carbocycles. The van der Waals surface area contributed by atoms with Crippen LogP contribution in [0.4, 0.5) is 23.4 Å². The molecule has 0 radical (unpaired) electrons. The molecule has 1 aliphatic carbocycles. The molecule has 1 atom stereocenters. The van der Waals surface area contributed by atoms with Gasteiger partial charge in [0.15, 0.2) is 0 Å². The Labute approximate surface area is 191 Å². The Balaban J connectivity index is 1.53. The highest BCUT2D eigenvalue weighted by molar-refractivity contribution is 5.99. The third-order valence-corrected chi connectivity index (χ3v) is 6.30. The van der Waals surface area contributed by atoms with Gasteiger partial charge in [0.1, 0.15) is 24.0 Å². The fourth-order valence-electron chi connectivity index (χ4n) is 4.26. The summed E-state index contributed by atoms with van der Waals surface area (Å²) in [6, 6.07) is 6.59. The predicted molar refractivity (Wildman–Crippen MR) is 115 cm³/mol. The van der Waals surface area contributed by atoms with Gasteiger partial charge >= 0.3 is 6.18 Å². The van der Waals surface area contributed by atoms with E-state index in [1.807, 2.05) is 0 Å². The van der Waals surface area contributed by atoms with Crippen LogP contribution in [0.1, 0.15) is 45.9 Å². The fraction of sp³-hybridized carbons (Fsp3) is 0.333. The average molecular weight is 475 g/mol. The Morgan fingerprint density at radius 2 is 1.97 bits per heavy atom. The largest absolute Gasteiger partial charge is 0.491 e. The summed E-state index contributed by atoms with van der Waals surface area (Å²) in [6.07, 6.45) is -2.68. The number of carbonyl (C=O) groups excluding carboxylic acids is 1. The van der Waals surface area contributed by atoms with Gasteiger partial charge in [-0.05, 0) is 43.0 Å². The summed E-state index contributed by atoms with van der Waals surface area (Å²) in [4.78, 5) is 19.1. The van der Waals surface area contributed by atoms with Crippen LogP contribution < -0.4 is 10.5 Å². The maximum absolute atomic E-state index is 15.0. The second kappa shape index (κ2) is 8.12. The lowest BCUT2D eigenvalue weighted by Gasteiger charge is -2.29. The Hall–Kier alpha value is -3.40. The van der Waals surface area contributed by atoms with Crippen LogP contribution in [0.25, 0.3) is 10.9 Å². The SMILES string of the molecule is Nc1nc2cc(F)c(C(=O)N(CC3CC3)C3COc4cc(C(F)(F)F)ccc43)cc2cc1CO. The number of benzene rings is 2. The molecule has 6 nitrogen and oxygen atoms in total. The van der Waals surface area contributed by atoms with Gasteiger partial charge in [0.2, 0.25) is 0 Å². The maximum Gasteiger partial charge on any atom is 0.416 e. The van der Waals surface area contributed by atoms with Gasteiger partial charge in [-0.25, -0.2) is 9.37 Å². The molecule has 0 bridgehead atoms. The summed E-state index contributed by atoms with van der Waals surface area (Å²) in [7, 11) is 0. The zero-order valence-corrected chi connectivity index (χ0v) is 17.9. The number of aliphatic hydroxyl groups is 1. The number of nitrogens with zero attached hydrogens (tertiary/aromatic N) is 2. The smallest absolute Gasteiger partial charge is 0.416 e. The Kier molecular flexibility index (Phi) is 5.35. The molecular formula is C24H21F4N3O3.